The molecule has 5 nitrogen and oxygen atoms in total. The molecule has 1 heterocycles. The van der Waals surface area contributed by atoms with Gasteiger partial charge < -0.3 is 10.2 Å². The Balaban J connectivity index is 2.30. The number of hydrogen-bond donors (Lipinski definition) is 1. The molecule has 1 aliphatic heterocycles. The highest BCUT2D eigenvalue weighted by Gasteiger charge is 2.25. The van der Waals surface area contributed by atoms with E-state index in [1.165, 1.54) is 12.1 Å². The molecular formula is C14H19BrN2O3S. The highest BCUT2D eigenvalue weighted by molar-refractivity contribution is 9.10. The van der Waals surface area contributed by atoms with Gasteiger partial charge in [0.25, 0.3) is 5.91 Å². The predicted octanol–water partition coefficient (Wildman–Crippen LogP) is 1.68. The maximum absolute atomic E-state index is 12.6. The van der Waals surface area contributed by atoms with Crippen molar-refractivity contribution in [2.75, 3.05) is 26.4 Å². The monoisotopic (exact) mass is 374 g/mol. The molecule has 21 heavy (non-hydrogen) atoms. The van der Waals surface area contributed by atoms with Crippen molar-refractivity contribution in [3.8, 4) is 0 Å². The van der Waals surface area contributed by atoms with Gasteiger partial charge in [-0.15, -0.1) is 0 Å². The molecular weight excluding hydrogens is 356 g/mol. The number of rotatable bonds is 3. The number of likely N-dealkylation sites (N-methyl/N-ethyl adjacent to an activating group) is 1. The molecule has 0 saturated carbocycles. The molecule has 1 amide bonds. The third-order valence-corrected chi connectivity index (χ3v) is 5.51. The first kappa shape index (κ1) is 16.5. The molecule has 1 aliphatic rings. The molecule has 0 unspecified atom stereocenters. The molecule has 1 saturated heterocycles. The van der Waals surface area contributed by atoms with Gasteiger partial charge in [-0.1, -0.05) is 0 Å². The lowest BCUT2D eigenvalue weighted by Crippen LogP contribution is -2.47. The number of nitrogens with one attached hydrogen (secondary N) is 1. The lowest BCUT2D eigenvalue weighted by Gasteiger charge is -2.32. The van der Waals surface area contributed by atoms with E-state index in [1.807, 2.05) is 7.05 Å². The largest absolute Gasteiger partial charge is 0.337 e. The zero-order valence-corrected chi connectivity index (χ0v) is 14.5. The third-order valence-electron chi connectivity index (χ3n) is 3.71. The van der Waals surface area contributed by atoms with E-state index in [4.69, 9.17) is 0 Å². The van der Waals surface area contributed by atoms with Crippen LogP contribution in [0.4, 0.5) is 0 Å². The van der Waals surface area contributed by atoms with Crippen molar-refractivity contribution < 1.29 is 13.2 Å². The number of carbonyl (C=O) groups excluding carboxylic acids is 1. The van der Waals surface area contributed by atoms with Crippen LogP contribution in [0.25, 0.3) is 0 Å². The summed E-state index contributed by atoms with van der Waals surface area (Å²) in [7, 11) is -1.44. The van der Waals surface area contributed by atoms with E-state index < -0.39 is 9.84 Å². The molecule has 1 fully saturated rings. The quantitative estimate of drug-likeness (QED) is 0.873. The minimum absolute atomic E-state index is 0.132. The maximum atomic E-state index is 12.6. The van der Waals surface area contributed by atoms with Crippen LogP contribution in [0.3, 0.4) is 0 Å². The minimum atomic E-state index is -3.33. The zero-order chi connectivity index (χ0) is 15.6. The number of likely N-dealkylation sites (tertiary alicyclic amines) is 1. The van der Waals surface area contributed by atoms with E-state index in [2.05, 4.69) is 21.2 Å². The van der Waals surface area contributed by atoms with Crippen molar-refractivity contribution >= 4 is 31.7 Å². The van der Waals surface area contributed by atoms with Crippen LogP contribution in [-0.2, 0) is 9.84 Å². The Morgan fingerprint density at radius 3 is 2.76 bits per heavy atom. The highest BCUT2D eigenvalue weighted by Crippen LogP contribution is 2.24. The summed E-state index contributed by atoms with van der Waals surface area (Å²) in [5.74, 6) is -0.132. The average Bonchev–Trinajstić information content (AvgIpc) is 2.46. The van der Waals surface area contributed by atoms with Crippen LogP contribution in [0.15, 0.2) is 27.6 Å². The second-order valence-corrected chi connectivity index (χ2v) is 8.16. The molecule has 1 atom stereocenters. The Hall–Kier alpha value is -0.920. The maximum Gasteiger partial charge on any atom is 0.255 e. The third kappa shape index (κ3) is 3.84. The average molecular weight is 375 g/mol. The van der Waals surface area contributed by atoms with Crippen LogP contribution in [0.1, 0.15) is 23.2 Å². The van der Waals surface area contributed by atoms with Gasteiger partial charge in [-0.05, 0) is 54.0 Å². The van der Waals surface area contributed by atoms with Crippen LogP contribution in [0.5, 0.6) is 0 Å². The van der Waals surface area contributed by atoms with E-state index in [9.17, 15) is 13.2 Å². The van der Waals surface area contributed by atoms with Gasteiger partial charge in [-0.25, -0.2) is 8.42 Å². The second-order valence-electron chi connectivity index (χ2n) is 5.29. The Morgan fingerprint density at radius 2 is 2.14 bits per heavy atom. The first-order chi connectivity index (χ1) is 9.82. The number of halogens is 1. The van der Waals surface area contributed by atoms with Gasteiger partial charge in [0.15, 0.2) is 9.84 Å². The fourth-order valence-corrected chi connectivity index (χ4v) is 3.53. The molecule has 0 spiro atoms. The highest BCUT2D eigenvalue weighted by atomic mass is 79.9. The molecule has 0 bridgehead atoms. The first-order valence-corrected chi connectivity index (χ1v) is 9.47. The molecule has 2 rings (SSSR count). The van der Waals surface area contributed by atoms with Crippen LogP contribution in [0.2, 0.25) is 0 Å². The Labute approximate surface area is 133 Å². The van der Waals surface area contributed by atoms with E-state index >= 15 is 0 Å². The number of carbonyl (C=O) groups is 1. The fraction of sp³-hybridized carbons (Fsp3) is 0.500. The number of piperidine rings is 1. The lowest BCUT2D eigenvalue weighted by molar-refractivity contribution is 0.0697. The summed E-state index contributed by atoms with van der Waals surface area (Å²) in [6.45, 7) is 1.34. The lowest BCUT2D eigenvalue weighted by atomic mass is 10.0. The van der Waals surface area contributed by atoms with Crippen LogP contribution >= 0.6 is 15.9 Å². The molecule has 0 aromatic heterocycles. The van der Waals surface area contributed by atoms with Gasteiger partial charge in [0.05, 0.1) is 10.5 Å². The first-order valence-electron chi connectivity index (χ1n) is 6.79. The summed E-state index contributed by atoms with van der Waals surface area (Å²) in [4.78, 5) is 14.6. The normalized spacial score (nSPS) is 19.6. The van der Waals surface area contributed by atoms with Gasteiger partial charge in [-0.3, -0.25) is 4.79 Å². The van der Waals surface area contributed by atoms with Crippen molar-refractivity contribution in [1.82, 2.24) is 10.2 Å². The van der Waals surface area contributed by atoms with E-state index in [1.54, 1.807) is 11.0 Å². The Kier molecular flexibility index (Phi) is 5.06. The second kappa shape index (κ2) is 6.46. The van der Waals surface area contributed by atoms with Gasteiger partial charge in [-0.2, -0.15) is 0 Å². The minimum Gasteiger partial charge on any atom is -0.337 e. The van der Waals surface area contributed by atoms with E-state index in [0.29, 0.717) is 29.2 Å². The molecule has 0 radical (unpaired) electrons. The number of benzene rings is 1. The molecule has 1 aromatic carbocycles. The molecule has 116 valence electrons. The summed E-state index contributed by atoms with van der Waals surface area (Å²) < 4.78 is 23.9. The summed E-state index contributed by atoms with van der Waals surface area (Å²) in [6.07, 6.45) is 3.13. The number of hydrogen-bond acceptors (Lipinski definition) is 4. The van der Waals surface area contributed by atoms with Gasteiger partial charge in [0, 0.05) is 29.9 Å². The Bertz CT molecular complexity index is 646. The summed E-state index contributed by atoms with van der Waals surface area (Å²) in [5.41, 5.74) is 0.398. The standard InChI is InChI=1S/C14H19BrN2O3S/c1-16-10-4-3-7-17(9-10)14(18)12-8-11(21(2,19)20)5-6-13(12)15/h5-6,8,10,16H,3-4,7,9H2,1-2H3/t10-/m0/s1. The molecule has 7 heteroatoms. The van der Waals surface area contributed by atoms with Crippen molar-refractivity contribution in [2.24, 2.45) is 0 Å². The molecule has 1 aromatic rings. The van der Waals surface area contributed by atoms with Gasteiger partial charge >= 0.3 is 0 Å². The van der Waals surface area contributed by atoms with Gasteiger partial charge in [0.2, 0.25) is 0 Å². The summed E-state index contributed by atoms with van der Waals surface area (Å²) >= 11 is 3.34. The van der Waals surface area contributed by atoms with E-state index in [0.717, 1.165) is 19.1 Å². The van der Waals surface area contributed by atoms with Crippen molar-refractivity contribution in [1.29, 1.82) is 0 Å². The SMILES string of the molecule is CN[C@H]1CCCN(C(=O)c2cc(S(C)(=O)=O)ccc2Br)C1. The number of amides is 1. The summed E-state index contributed by atoms with van der Waals surface area (Å²) in [5, 5.41) is 3.19. The van der Waals surface area contributed by atoms with Crippen LogP contribution < -0.4 is 5.32 Å². The summed E-state index contributed by atoms with van der Waals surface area (Å²) in [6, 6.07) is 4.86. The smallest absolute Gasteiger partial charge is 0.255 e. The van der Waals surface area contributed by atoms with Crippen LogP contribution in [-0.4, -0.2) is 51.7 Å². The fourth-order valence-electron chi connectivity index (χ4n) is 2.47. The Morgan fingerprint density at radius 1 is 1.43 bits per heavy atom. The number of sulfone groups is 1. The van der Waals surface area contributed by atoms with E-state index in [-0.39, 0.29) is 10.8 Å². The van der Waals surface area contributed by atoms with Gasteiger partial charge in [0.1, 0.15) is 0 Å². The predicted molar refractivity (Wildman–Crippen MR) is 85.2 cm³/mol. The van der Waals surface area contributed by atoms with Crippen LogP contribution in [0, 0.1) is 0 Å². The topological polar surface area (TPSA) is 66.5 Å². The van der Waals surface area contributed by atoms with Crippen molar-refractivity contribution in [2.45, 2.75) is 23.8 Å². The molecule has 0 aliphatic carbocycles. The molecule has 1 N–H and O–H groups in total. The number of nitrogens with zero attached hydrogens (tertiary/aromatic N) is 1. The van der Waals surface area contributed by atoms with Crippen molar-refractivity contribution in [3.05, 3.63) is 28.2 Å². The zero-order valence-electron chi connectivity index (χ0n) is 12.1. The van der Waals surface area contributed by atoms with Crippen molar-refractivity contribution in [3.63, 3.8) is 0 Å².